The number of hydrogen-bond donors (Lipinski definition) is 2. The summed E-state index contributed by atoms with van der Waals surface area (Å²) >= 11 is 0. The minimum atomic E-state index is -0.179. The number of hydrogen-bond acceptors (Lipinski definition) is 2. The van der Waals surface area contributed by atoms with Crippen LogP contribution < -0.4 is 10.6 Å². The summed E-state index contributed by atoms with van der Waals surface area (Å²) in [5, 5.41) is 6.58. The molecule has 0 aromatic rings. The number of nitrogens with one attached hydrogen (secondary N) is 2. The fraction of sp³-hybridized carbons (Fsp3) is 0.947. The molecule has 0 aliphatic heterocycles. The number of amides is 1. The van der Waals surface area contributed by atoms with E-state index in [1.54, 1.807) is 0 Å². The van der Waals surface area contributed by atoms with E-state index in [4.69, 9.17) is 0 Å². The molecule has 22 heavy (non-hydrogen) atoms. The molecule has 132 valence electrons. The van der Waals surface area contributed by atoms with Gasteiger partial charge in [0.15, 0.2) is 0 Å². The van der Waals surface area contributed by atoms with E-state index in [9.17, 15) is 4.79 Å². The van der Waals surface area contributed by atoms with Crippen LogP contribution in [0, 0.1) is 5.41 Å². The molecule has 0 radical (unpaired) electrons. The second kappa shape index (κ2) is 8.33. The zero-order chi connectivity index (χ0) is 17.6. The van der Waals surface area contributed by atoms with Crippen LogP contribution in [0.4, 0.5) is 0 Å². The largest absolute Gasteiger partial charge is 0.350 e. The van der Waals surface area contributed by atoms with Crippen LogP contribution in [-0.4, -0.2) is 23.0 Å². The van der Waals surface area contributed by atoms with Gasteiger partial charge in [-0.3, -0.25) is 4.79 Å². The summed E-state index contributed by atoms with van der Waals surface area (Å²) in [5.74, 6) is 0.123. The van der Waals surface area contributed by atoms with E-state index in [0.29, 0.717) is 5.41 Å². The van der Waals surface area contributed by atoms with Gasteiger partial charge in [-0.25, -0.2) is 0 Å². The van der Waals surface area contributed by atoms with Crippen LogP contribution in [0.25, 0.3) is 0 Å². The maximum atomic E-state index is 12.5. The van der Waals surface area contributed by atoms with E-state index in [2.05, 4.69) is 52.2 Å². The van der Waals surface area contributed by atoms with E-state index < -0.39 is 0 Å². The van der Waals surface area contributed by atoms with E-state index in [-0.39, 0.29) is 23.0 Å². The molecule has 0 heterocycles. The Labute approximate surface area is 139 Å². The first kappa shape index (κ1) is 21.4. The van der Waals surface area contributed by atoms with Crippen molar-refractivity contribution in [2.24, 2.45) is 5.41 Å². The van der Waals surface area contributed by atoms with Gasteiger partial charge in [0.05, 0.1) is 6.04 Å². The Morgan fingerprint density at radius 1 is 0.818 bits per heavy atom. The monoisotopic (exact) mass is 312 g/mol. The zero-order valence-corrected chi connectivity index (χ0v) is 16.5. The van der Waals surface area contributed by atoms with Crippen LogP contribution in [0.15, 0.2) is 0 Å². The van der Waals surface area contributed by atoms with Crippen molar-refractivity contribution in [3.63, 3.8) is 0 Å². The second-order valence-electron chi connectivity index (χ2n) is 9.85. The van der Waals surface area contributed by atoms with Gasteiger partial charge in [-0.1, -0.05) is 40.0 Å². The van der Waals surface area contributed by atoms with Gasteiger partial charge in [-0.05, 0) is 59.8 Å². The molecule has 1 amide bonds. The summed E-state index contributed by atoms with van der Waals surface area (Å²) < 4.78 is 0. The molecule has 1 unspecified atom stereocenters. The SMILES string of the molecule is CC(C)(C)CCCCCC(NC(C)(C)C)C(=O)NC(C)(C)C. The highest BCUT2D eigenvalue weighted by Crippen LogP contribution is 2.22. The lowest BCUT2D eigenvalue weighted by atomic mass is 9.89. The van der Waals surface area contributed by atoms with Crippen LogP contribution in [0.3, 0.4) is 0 Å². The Bertz CT molecular complexity index is 329. The lowest BCUT2D eigenvalue weighted by molar-refractivity contribution is -0.125. The normalized spacial score (nSPS) is 14.8. The first-order chi connectivity index (χ1) is 9.70. The van der Waals surface area contributed by atoms with Crippen molar-refractivity contribution < 1.29 is 4.79 Å². The van der Waals surface area contributed by atoms with Crippen LogP contribution in [0.1, 0.15) is 94.4 Å². The molecule has 3 heteroatoms. The summed E-state index contributed by atoms with van der Waals surface area (Å²) in [6.07, 6.45) is 5.69. The first-order valence-electron chi connectivity index (χ1n) is 8.79. The van der Waals surface area contributed by atoms with Crippen molar-refractivity contribution in [1.82, 2.24) is 10.6 Å². The van der Waals surface area contributed by atoms with Crippen molar-refractivity contribution in [2.75, 3.05) is 0 Å². The molecule has 0 bridgehead atoms. The van der Waals surface area contributed by atoms with Gasteiger partial charge in [-0.15, -0.1) is 0 Å². The van der Waals surface area contributed by atoms with E-state index in [1.165, 1.54) is 19.3 Å². The number of rotatable bonds is 7. The number of unbranched alkanes of at least 4 members (excludes halogenated alkanes) is 2. The molecule has 0 aliphatic rings. The highest BCUT2D eigenvalue weighted by molar-refractivity contribution is 5.82. The second-order valence-corrected chi connectivity index (χ2v) is 9.85. The Hall–Kier alpha value is -0.570. The average molecular weight is 313 g/mol. The Morgan fingerprint density at radius 3 is 1.77 bits per heavy atom. The summed E-state index contributed by atoms with van der Waals surface area (Å²) in [7, 11) is 0. The first-order valence-corrected chi connectivity index (χ1v) is 8.79. The molecule has 3 nitrogen and oxygen atoms in total. The minimum absolute atomic E-state index is 0.0503. The third kappa shape index (κ3) is 13.1. The molecular formula is C19H40N2O. The molecule has 0 saturated carbocycles. The minimum Gasteiger partial charge on any atom is -0.350 e. The molecule has 0 saturated heterocycles. The van der Waals surface area contributed by atoms with Gasteiger partial charge >= 0.3 is 0 Å². The smallest absolute Gasteiger partial charge is 0.237 e. The molecule has 1 atom stereocenters. The summed E-state index contributed by atoms with van der Waals surface area (Å²) in [6.45, 7) is 19.3. The van der Waals surface area contributed by atoms with Gasteiger partial charge in [0.1, 0.15) is 0 Å². The molecule has 0 rings (SSSR count). The average Bonchev–Trinajstić information content (AvgIpc) is 2.21. The highest BCUT2D eigenvalue weighted by Gasteiger charge is 2.26. The lowest BCUT2D eigenvalue weighted by Crippen LogP contribution is -2.55. The predicted octanol–water partition coefficient (Wildman–Crippen LogP) is 4.65. The van der Waals surface area contributed by atoms with Crippen molar-refractivity contribution in [2.45, 2.75) is 112 Å². The zero-order valence-electron chi connectivity index (χ0n) is 16.5. The third-order valence-electron chi connectivity index (χ3n) is 3.34. The van der Waals surface area contributed by atoms with Gasteiger partial charge in [0, 0.05) is 11.1 Å². The van der Waals surface area contributed by atoms with Gasteiger partial charge in [-0.2, -0.15) is 0 Å². The Kier molecular flexibility index (Phi) is 8.11. The molecule has 0 fully saturated rings. The number of carbonyl (C=O) groups excluding carboxylic acids is 1. The van der Waals surface area contributed by atoms with Crippen molar-refractivity contribution in [3.05, 3.63) is 0 Å². The van der Waals surface area contributed by atoms with Crippen LogP contribution in [0.2, 0.25) is 0 Å². The van der Waals surface area contributed by atoms with Gasteiger partial charge in [0.2, 0.25) is 5.91 Å². The van der Waals surface area contributed by atoms with Gasteiger partial charge < -0.3 is 10.6 Å². The standard InChI is InChI=1S/C19H40N2O/c1-17(2,3)14-12-10-11-13-15(20-18(4,5)6)16(22)21-19(7,8)9/h15,20H,10-14H2,1-9H3,(H,21,22). The van der Waals surface area contributed by atoms with Crippen molar-refractivity contribution in [3.8, 4) is 0 Å². The fourth-order valence-electron chi connectivity index (χ4n) is 2.43. The molecular weight excluding hydrogens is 272 g/mol. The third-order valence-corrected chi connectivity index (χ3v) is 3.34. The maximum absolute atomic E-state index is 12.5. The molecule has 2 N–H and O–H groups in total. The Morgan fingerprint density at radius 2 is 1.36 bits per heavy atom. The van der Waals surface area contributed by atoms with Crippen molar-refractivity contribution >= 4 is 5.91 Å². The molecule has 0 aliphatic carbocycles. The summed E-state index contributed by atoms with van der Waals surface area (Å²) in [6, 6.07) is -0.103. The lowest BCUT2D eigenvalue weighted by Gasteiger charge is -2.31. The maximum Gasteiger partial charge on any atom is 0.237 e. The Balaban J connectivity index is 4.40. The van der Waals surface area contributed by atoms with E-state index in [1.807, 2.05) is 20.8 Å². The van der Waals surface area contributed by atoms with Crippen LogP contribution in [0.5, 0.6) is 0 Å². The van der Waals surface area contributed by atoms with E-state index in [0.717, 1.165) is 12.8 Å². The molecule has 0 aromatic heterocycles. The van der Waals surface area contributed by atoms with E-state index >= 15 is 0 Å². The summed E-state index contributed by atoms with van der Waals surface area (Å²) in [5.41, 5.74) is 0.180. The van der Waals surface area contributed by atoms with Crippen LogP contribution >= 0.6 is 0 Å². The van der Waals surface area contributed by atoms with Gasteiger partial charge in [0.25, 0.3) is 0 Å². The number of carbonyl (C=O) groups is 1. The quantitative estimate of drug-likeness (QED) is 0.672. The predicted molar refractivity (Wildman–Crippen MR) is 97.1 cm³/mol. The highest BCUT2D eigenvalue weighted by atomic mass is 16.2. The topological polar surface area (TPSA) is 41.1 Å². The summed E-state index contributed by atoms with van der Waals surface area (Å²) in [4.78, 5) is 12.5. The molecule has 0 spiro atoms. The van der Waals surface area contributed by atoms with Crippen molar-refractivity contribution in [1.29, 1.82) is 0 Å². The molecule has 0 aromatic carbocycles. The van der Waals surface area contributed by atoms with Crippen LogP contribution in [-0.2, 0) is 4.79 Å². The fourth-order valence-corrected chi connectivity index (χ4v) is 2.43.